The van der Waals surface area contributed by atoms with Gasteiger partial charge in [-0.05, 0) is 38.8 Å². The van der Waals surface area contributed by atoms with Crippen LogP contribution >= 0.6 is 23.1 Å². The molecule has 0 fully saturated rings. The second-order valence-electron chi connectivity index (χ2n) is 4.53. The SMILES string of the molecule is CCC1CN=C(NC(C)c2cc(C)sc2C)S1. The van der Waals surface area contributed by atoms with Crippen LogP contribution in [0.25, 0.3) is 0 Å². The quantitative estimate of drug-likeness (QED) is 0.899. The van der Waals surface area contributed by atoms with Gasteiger partial charge in [0.1, 0.15) is 0 Å². The summed E-state index contributed by atoms with van der Waals surface area (Å²) < 4.78 is 0. The highest BCUT2D eigenvalue weighted by Crippen LogP contribution is 2.28. The predicted molar refractivity (Wildman–Crippen MR) is 79.3 cm³/mol. The van der Waals surface area contributed by atoms with Crippen LogP contribution in [0.3, 0.4) is 0 Å². The highest BCUT2D eigenvalue weighted by atomic mass is 32.2. The third-order valence-electron chi connectivity index (χ3n) is 3.06. The number of aliphatic imine (C=N–C) groups is 1. The van der Waals surface area contributed by atoms with Gasteiger partial charge in [-0.1, -0.05) is 18.7 Å². The Morgan fingerprint density at radius 1 is 1.53 bits per heavy atom. The van der Waals surface area contributed by atoms with Gasteiger partial charge in [0, 0.05) is 15.0 Å². The minimum Gasteiger partial charge on any atom is -0.358 e. The van der Waals surface area contributed by atoms with E-state index in [1.807, 2.05) is 23.1 Å². The first-order valence-electron chi connectivity index (χ1n) is 6.14. The smallest absolute Gasteiger partial charge is 0.157 e. The zero-order valence-electron chi connectivity index (χ0n) is 10.9. The molecule has 0 radical (unpaired) electrons. The standard InChI is InChI=1S/C13H20N2S2/c1-5-11-7-14-13(17-11)15-9(3)12-6-8(2)16-10(12)4/h6,9,11H,5,7H2,1-4H3,(H,14,15). The summed E-state index contributed by atoms with van der Waals surface area (Å²) in [4.78, 5) is 7.36. The third-order valence-corrected chi connectivity index (χ3v) is 5.33. The first-order valence-corrected chi connectivity index (χ1v) is 7.84. The van der Waals surface area contributed by atoms with Gasteiger partial charge in [-0.2, -0.15) is 0 Å². The molecule has 1 N–H and O–H groups in total. The van der Waals surface area contributed by atoms with Gasteiger partial charge in [-0.25, -0.2) is 0 Å². The Morgan fingerprint density at radius 2 is 2.29 bits per heavy atom. The maximum absolute atomic E-state index is 4.56. The Bertz CT molecular complexity index is 423. The lowest BCUT2D eigenvalue weighted by molar-refractivity contribution is 0.721. The maximum Gasteiger partial charge on any atom is 0.157 e. The number of hydrogen-bond acceptors (Lipinski definition) is 4. The van der Waals surface area contributed by atoms with Crippen LogP contribution < -0.4 is 5.32 Å². The molecule has 2 unspecified atom stereocenters. The summed E-state index contributed by atoms with van der Waals surface area (Å²) in [5.74, 6) is 0. The topological polar surface area (TPSA) is 24.4 Å². The van der Waals surface area contributed by atoms with Crippen molar-refractivity contribution in [3.8, 4) is 0 Å². The Balaban J connectivity index is 1.98. The molecule has 1 aromatic heterocycles. The summed E-state index contributed by atoms with van der Waals surface area (Å²) in [7, 11) is 0. The van der Waals surface area contributed by atoms with Crippen LogP contribution in [0.15, 0.2) is 11.1 Å². The molecule has 1 aliphatic heterocycles. The molecule has 0 saturated heterocycles. The molecule has 2 atom stereocenters. The molecule has 0 aliphatic carbocycles. The van der Waals surface area contributed by atoms with Gasteiger partial charge in [0.05, 0.1) is 12.6 Å². The van der Waals surface area contributed by atoms with E-state index in [9.17, 15) is 0 Å². The predicted octanol–water partition coefficient (Wildman–Crippen LogP) is 3.90. The van der Waals surface area contributed by atoms with Gasteiger partial charge in [-0.3, -0.25) is 4.99 Å². The van der Waals surface area contributed by atoms with E-state index >= 15 is 0 Å². The number of hydrogen-bond donors (Lipinski definition) is 1. The van der Waals surface area contributed by atoms with E-state index < -0.39 is 0 Å². The molecule has 0 aromatic carbocycles. The molecule has 1 aromatic rings. The monoisotopic (exact) mass is 268 g/mol. The normalized spacial score (nSPS) is 21.4. The summed E-state index contributed by atoms with van der Waals surface area (Å²) in [6.07, 6.45) is 1.20. The molecule has 0 spiro atoms. The van der Waals surface area contributed by atoms with Gasteiger partial charge in [0.2, 0.25) is 0 Å². The fraction of sp³-hybridized carbons (Fsp3) is 0.615. The Hall–Kier alpha value is -0.480. The van der Waals surface area contributed by atoms with Crippen molar-refractivity contribution < 1.29 is 0 Å². The van der Waals surface area contributed by atoms with Gasteiger partial charge >= 0.3 is 0 Å². The van der Waals surface area contributed by atoms with Gasteiger partial charge in [0.15, 0.2) is 5.17 Å². The van der Waals surface area contributed by atoms with Crippen LogP contribution in [0.2, 0.25) is 0 Å². The minimum atomic E-state index is 0.363. The molecule has 0 saturated carbocycles. The molecule has 4 heteroatoms. The average Bonchev–Trinajstić information content (AvgIpc) is 2.85. The highest BCUT2D eigenvalue weighted by molar-refractivity contribution is 8.14. The maximum atomic E-state index is 4.56. The molecule has 2 nitrogen and oxygen atoms in total. The molecule has 2 heterocycles. The summed E-state index contributed by atoms with van der Waals surface area (Å²) in [6.45, 7) is 9.78. The molecule has 17 heavy (non-hydrogen) atoms. The summed E-state index contributed by atoms with van der Waals surface area (Å²) in [6, 6.07) is 2.65. The van der Waals surface area contributed by atoms with Crippen molar-refractivity contribution in [1.82, 2.24) is 5.32 Å². The van der Waals surface area contributed by atoms with Crippen LogP contribution in [-0.2, 0) is 0 Å². The van der Waals surface area contributed by atoms with Crippen LogP contribution in [0, 0.1) is 13.8 Å². The van der Waals surface area contributed by atoms with Crippen molar-refractivity contribution in [2.24, 2.45) is 4.99 Å². The summed E-state index contributed by atoms with van der Waals surface area (Å²) in [5, 5.41) is 5.33. The Kier molecular flexibility index (Phi) is 4.15. The van der Waals surface area contributed by atoms with E-state index in [-0.39, 0.29) is 0 Å². The van der Waals surface area contributed by atoms with Crippen molar-refractivity contribution in [3.05, 3.63) is 21.4 Å². The highest BCUT2D eigenvalue weighted by Gasteiger charge is 2.20. The number of aryl methyl sites for hydroxylation is 2. The number of nitrogens with zero attached hydrogens (tertiary/aromatic N) is 1. The molecule has 2 rings (SSSR count). The number of thiophene rings is 1. The number of nitrogens with one attached hydrogen (secondary N) is 1. The lowest BCUT2D eigenvalue weighted by Crippen LogP contribution is -2.23. The van der Waals surface area contributed by atoms with E-state index in [1.54, 1.807) is 0 Å². The third kappa shape index (κ3) is 3.05. The van der Waals surface area contributed by atoms with E-state index in [4.69, 9.17) is 0 Å². The Morgan fingerprint density at radius 3 is 2.82 bits per heavy atom. The van der Waals surface area contributed by atoms with E-state index in [0.717, 1.165) is 11.7 Å². The van der Waals surface area contributed by atoms with E-state index in [0.29, 0.717) is 11.3 Å². The molecule has 0 amide bonds. The summed E-state index contributed by atoms with van der Waals surface area (Å²) in [5.41, 5.74) is 1.41. The van der Waals surface area contributed by atoms with E-state index in [2.05, 4.69) is 44.1 Å². The van der Waals surface area contributed by atoms with Crippen molar-refractivity contribution in [2.45, 2.75) is 45.4 Å². The van der Waals surface area contributed by atoms with Crippen LogP contribution in [0.1, 0.15) is 41.6 Å². The van der Waals surface area contributed by atoms with Gasteiger partial charge < -0.3 is 5.32 Å². The van der Waals surface area contributed by atoms with Crippen LogP contribution in [-0.4, -0.2) is 17.0 Å². The summed E-state index contributed by atoms with van der Waals surface area (Å²) >= 11 is 3.76. The fourth-order valence-corrected chi connectivity index (χ4v) is 4.10. The van der Waals surface area contributed by atoms with Crippen molar-refractivity contribution in [2.75, 3.05) is 6.54 Å². The zero-order valence-corrected chi connectivity index (χ0v) is 12.5. The van der Waals surface area contributed by atoms with Crippen molar-refractivity contribution >= 4 is 28.3 Å². The first-order chi connectivity index (χ1) is 8.10. The first kappa shape index (κ1) is 13.0. The fourth-order valence-electron chi connectivity index (χ4n) is 2.05. The van der Waals surface area contributed by atoms with Crippen LogP contribution in [0.5, 0.6) is 0 Å². The molecular weight excluding hydrogens is 248 g/mol. The lowest BCUT2D eigenvalue weighted by atomic mass is 10.1. The Labute approximate surface area is 112 Å². The lowest BCUT2D eigenvalue weighted by Gasteiger charge is -2.15. The molecular formula is C13H20N2S2. The molecule has 94 valence electrons. The van der Waals surface area contributed by atoms with Gasteiger partial charge in [0.25, 0.3) is 0 Å². The number of thioether (sulfide) groups is 1. The number of amidine groups is 1. The van der Waals surface area contributed by atoms with Crippen molar-refractivity contribution in [3.63, 3.8) is 0 Å². The largest absolute Gasteiger partial charge is 0.358 e. The minimum absolute atomic E-state index is 0.363. The second kappa shape index (κ2) is 5.44. The average molecular weight is 268 g/mol. The van der Waals surface area contributed by atoms with Crippen LogP contribution in [0.4, 0.5) is 0 Å². The zero-order chi connectivity index (χ0) is 12.4. The van der Waals surface area contributed by atoms with Crippen molar-refractivity contribution in [1.29, 1.82) is 0 Å². The van der Waals surface area contributed by atoms with E-state index in [1.165, 1.54) is 21.7 Å². The van der Waals surface area contributed by atoms with Gasteiger partial charge in [-0.15, -0.1) is 11.3 Å². The molecule has 0 bridgehead atoms. The molecule has 1 aliphatic rings. The second-order valence-corrected chi connectivity index (χ2v) is 7.28. The number of rotatable bonds is 3.